The summed E-state index contributed by atoms with van der Waals surface area (Å²) in [5, 5.41) is 1.78. The largest absolute Gasteiger partial charge is 0.271 e. The van der Waals surface area contributed by atoms with Crippen LogP contribution in [0, 0.1) is 0 Å². The summed E-state index contributed by atoms with van der Waals surface area (Å²) in [6.07, 6.45) is 5.39. The van der Waals surface area contributed by atoms with Crippen molar-refractivity contribution in [2.24, 2.45) is 0 Å². The Morgan fingerprint density at radius 1 is 1.67 bits per heavy atom. The van der Waals surface area contributed by atoms with Gasteiger partial charge in [-0.05, 0) is 16.2 Å². The SMILES string of the molecule is C=CSSn1ccnc1. The van der Waals surface area contributed by atoms with E-state index in [9.17, 15) is 0 Å². The fourth-order valence-electron chi connectivity index (χ4n) is 0.371. The quantitative estimate of drug-likeness (QED) is 0.628. The second kappa shape index (κ2) is 3.63. The summed E-state index contributed by atoms with van der Waals surface area (Å²) in [5.74, 6) is 0. The van der Waals surface area contributed by atoms with Crippen LogP contribution in [0.25, 0.3) is 0 Å². The summed E-state index contributed by atoms with van der Waals surface area (Å²) in [7, 11) is 3.15. The van der Waals surface area contributed by atoms with Crippen LogP contribution in [0.4, 0.5) is 0 Å². The minimum atomic E-state index is 1.57. The second-order valence-electron chi connectivity index (χ2n) is 1.26. The Kier molecular flexibility index (Phi) is 2.73. The van der Waals surface area contributed by atoms with Gasteiger partial charge >= 0.3 is 0 Å². The third-order valence-electron chi connectivity index (χ3n) is 0.677. The Morgan fingerprint density at radius 2 is 2.56 bits per heavy atom. The van der Waals surface area contributed by atoms with Crippen LogP contribution in [-0.2, 0) is 0 Å². The van der Waals surface area contributed by atoms with Crippen molar-refractivity contribution in [1.29, 1.82) is 0 Å². The van der Waals surface area contributed by atoms with E-state index >= 15 is 0 Å². The van der Waals surface area contributed by atoms with Gasteiger partial charge in [-0.3, -0.25) is 3.97 Å². The lowest BCUT2D eigenvalue weighted by Crippen LogP contribution is -1.72. The lowest BCUT2D eigenvalue weighted by Gasteiger charge is -1.91. The van der Waals surface area contributed by atoms with Crippen LogP contribution in [0.15, 0.2) is 30.7 Å². The zero-order valence-corrected chi connectivity index (χ0v) is 6.36. The van der Waals surface area contributed by atoms with Crippen LogP contribution in [0.1, 0.15) is 0 Å². The fourth-order valence-corrected chi connectivity index (χ4v) is 1.47. The molecule has 1 aromatic heterocycles. The first kappa shape index (κ1) is 6.77. The van der Waals surface area contributed by atoms with Gasteiger partial charge in [-0.15, -0.1) is 0 Å². The molecule has 2 nitrogen and oxygen atoms in total. The first-order valence-electron chi connectivity index (χ1n) is 2.36. The van der Waals surface area contributed by atoms with Crippen molar-refractivity contribution in [3.63, 3.8) is 0 Å². The van der Waals surface area contributed by atoms with Crippen molar-refractivity contribution in [3.8, 4) is 0 Å². The Morgan fingerprint density at radius 3 is 3.11 bits per heavy atom. The molecule has 1 rings (SSSR count). The van der Waals surface area contributed by atoms with Crippen LogP contribution in [0.2, 0.25) is 0 Å². The van der Waals surface area contributed by atoms with E-state index in [2.05, 4.69) is 11.6 Å². The van der Waals surface area contributed by atoms with Gasteiger partial charge < -0.3 is 0 Å². The topological polar surface area (TPSA) is 17.8 Å². The third-order valence-corrected chi connectivity index (χ3v) is 2.47. The van der Waals surface area contributed by atoms with Gasteiger partial charge in [0.05, 0.1) is 0 Å². The number of hydrogen-bond acceptors (Lipinski definition) is 3. The maximum absolute atomic E-state index is 3.87. The van der Waals surface area contributed by atoms with E-state index in [1.54, 1.807) is 39.7 Å². The number of nitrogens with zero attached hydrogens (tertiary/aromatic N) is 2. The number of rotatable bonds is 3. The standard InChI is InChI=1S/C5H6N2S2/c1-2-8-9-7-4-3-6-5-7/h2-5H,1H2. The molecule has 48 valence electrons. The molecule has 0 aliphatic rings. The molecule has 1 heterocycles. The minimum absolute atomic E-state index is 1.57. The molecule has 0 bridgehead atoms. The smallest absolute Gasteiger partial charge is 0.105 e. The molecule has 1 aromatic rings. The zero-order valence-electron chi connectivity index (χ0n) is 4.73. The molecule has 4 heteroatoms. The van der Waals surface area contributed by atoms with Crippen molar-refractivity contribution in [1.82, 2.24) is 8.96 Å². The van der Waals surface area contributed by atoms with E-state index in [0.29, 0.717) is 0 Å². The van der Waals surface area contributed by atoms with Gasteiger partial charge in [0.15, 0.2) is 0 Å². The molecule has 0 unspecified atom stereocenters. The minimum Gasteiger partial charge on any atom is -0.271 e. The highest BCUT2D eigenvalue weighted by Gasteiger charge is 1.85. The molecule has 0 amide bonds. The Hall–Kier alpha value is -0.350. The molecule has 0 aliphatic carbocycles. The summed E-state index contributed by atoms with van der Waals surface area (Å²) < 4.78 is 1.91. The molecular weight excluding hydrogens is 152 g/mol. The Bertz CT molecular complexity index is 171. The van der Waals surface area contributed by atoms with Gasteiger partial charge in [0.25, 0.3) is 0 Å². The van der Waals surface area contributed by atoms with Crippen LogP contribution >= 0.6 is 21.8 Å². The van der Waals surface area contributed by atoms with Crippen molar-refractivity contribution in [2.45, 2.75) is 0 Å². The van der Waals surface area contributed by atoms with Crippen LogP contribution in [-0.4, -0.2) is 8.96 Å². The summed E-state index contributed by atoms with van der Waals surface area (Å²) >= 11 is 0. The van der Waals surface area contributed by atoms with E-state index in [0.717, 1.165) is 0 Å². The van der Waals surface area contributed by atoms with Crippen LogP contribution in [0.3, 0.4) is 0 Å². The molecule has 0 N–H and O–H groups in total. The highest BCUT2D eigenvalue weighted by Crippen LogP contribution is 2.22. The molecule has 9 heavy (non-hydrogen) atoms. The Labute approximate surface area is 61.9 Å². The molecule has 0 aliphatic heterocycles. The normalized spacial score (nSPS) is 9.33. The molecule has 0 fully saturated rings. The van der Waals surface area contributed by atoms with E-state index in [1.807, 2.05) is 10.2 Å². The van der Waals surface area contributed by atoms with Gasteiger partial charge in [0, 0.05) is 23.4 Å². The molecular formula is C5H6N2S2. The van der Waals surface area contributed by atoms with E-state index in [-0.39, 0.29) is 0 Å². The Balaban J connectivity index is 2.38. The molecule has 0 aromatic carbocycles. The highest BCUT2D eigenvalue weighted by molar-refractivity contribution is 8.77. The van der Waals surface area contributed by atoms with Crippen LogP contribution in [0.5, 0.6) is 0 Å². The lowest BCUT2D eigenvalue weighted by molar-refractivity contribution is 1.24. The lowest BCUT2D eigenvalue weighted by atomic mass is 11.0. The molecule has 0 radical (unpaired) electrons. The van der Waals surface area contributed by atoms with Crippen molar-refractivity contribution in [2.75, 3.05) is 0 Å². The monoisotopic (exact) mass is 158 g/mol. The van der Waals surface area contributed by atoms with Gasteiger partial charge in [0.2, 0.25) is 0 Å². The van der Waals surface area contributed by atoms with Gasteiger partial charge in [-0.1, -0.05) is 6.58 Å². The molecule has 0 saturated heterocycles. The second-order valence-corrected chi connectivity index (χ2v) is 3.38. The molecule has 0 atom stereocenters. The van der Waals surface area contributed by atoms with E-state index in [4.69, 9.17) is 0 Å². The maximum atomic E-state index is 3.87. The number of hydrogen-bond donors (Lipinski definition) is 0. The maximum Gasteiger partial charge on any atom is 0.105 e. The molecule has 0 spiro atoms. The predicted octanol–water partition coefficient (Wildman–Crippen LogP) is 2.17. The summed E-state index contributed by atoms with van der Waals surface area (Å²) in [5.41, 5.74) is 0. The zero-order chi connectivity index (χ0) is 6.53. The van der Waals surface area contributed by atoms with Gasteiger partial charge in [-0.2, -0.15) is 0 Å². The average Bonchev–Trinajstić information content (AvgIpc) is 2.34. The number of imidazole rings is 1. The van der Waals surface area contributed by atoms with Gasteiger partial charge in [0.1, 0.15) is 6.33 Å². The van der Waals surface area contributed by atoms with Crippen molar-refractivity contribution < 1.29 is 0 Å². The summed E-state index contributed by atoms with van der Waals surface area (Å²) in [4.78, 5) is 3.87. The fraction of sp³-hybridized carbons (Fsp3) is 0. The average molecular weight is 158 g/mol. The predicted molar refractivity (Wildman–Crippen MR) is 43.0 cm³/mol. The van der Waals surface area contributed by atoms with Crippen molar-refractivity contribution >= 4 is 21.8 Å². The van der Waals surface area contributed by atoms with E-state index < -0.39 is 0 Å². The first-order valence-corrected chi connectivity index (χ1v) is 4.53. The highest BCUT2D eigenvalue weighted by atomic mass is 33.1. The summed E-state index contributed by atoms with van der Waals surface area (Å²) in [6.45, 7) is 3.57. The molecule has 0 saturated carbocycles. The number of aromatic nitrogens is 2. The third kappa shape index (κ3) is 2.15. The van der Waals surface area contributed by atoms with E-state index in [1.165, 1.54) is 0 Å². The van der Waals surface area contributed by atoms with Crippen LogP contribution < -0.4 is 0 Å². The van der Waals surface area contributed by atoms with Crippen molar-refractivity contribution in [3.05, 3.63) is 30.7 Å². The first-order chi connectivity index (χ1) is 4.43. The van der Waals surface area contributed by atoms with Gasteiger partial charge in [-0.25, -0.2) is 4.98 Å². The summed E-state index contributed by atoms with van der Waals surface area (Å²) in [6, 6.07) is 0.